The number of carbonyl (C=O) groups excluding carboxylic acids is 2. The van der Waals surface area contributed by atoms with Gasteiger partial charge >= 0.3 is 5.97 Å². The molecule has 2 aromatic rings. The first-order chi connectivity index (χ1) is 8.74. The van der Waals surface area contributed by atoms with Crippen LogP contribution in [0.4, 0.5) is 0 Å². The third-order valence-electron chi connectivity index (χ3n) is 2.14. The number of ether oxygens (including phenoxy) is 1. The highest BCUT2D eigenvalue weighted by molar-refractivity contribution is 7.12. The Balaban J connectivity index is 2.32. The fraction of sp³-hybridized carbons (Fsp3) is 0.167. The van der Waals surface area contributed by atoms with Crippen LogP contribution >= 0.6 is 11.3 Å². The van der Waals surface area contributed by atoms with Crippen LogP contribution < -0.4 is 0 Å². The lowest BCUT2D eigenvalue weighted by Gasteiger charge is -2.01. The Kier molecular flexibility index (Phi) is 3.78. The molecule has 0 aliphatic heterocycles. The molecule has 0 spiro atoms. The van der Waals surface area contributed by atoms with Crippen LogP contribution in [0.1, 0.15) is 32.8 Å². The van der Waals surface area contributed by atoms with Crippen LogP contribution in [0.15, 0.2) is 29.9 Å². The van der Waals surface area contributed by atoms with Gasteiger partial charge in [-0.2, -0.15) is 0 Å². The molecule has 5 nitrogen and oxygen atoms in total. The molecule has 2 rings (SSSR count). The Hall–Kier alpha value is -2.08. The summed E-state index contributed by atoms with van der Waals surface area (Å²) in [6.45, 7) is 1.94. The summed E-state index contributed by atoms with van der Waals surface area (Å²) in [5.41, 5.74) is 1.78. The summed E-state index contributed by atoms with van der Waals surface area (Å²) in [7, 11) is 0. The number of hydrogen-bond donors (Lipinski definition) is 0. The van der Waals surface area contributed by atoms with Crippen LogP contribution in [0, 0.1) is 0 Å². The van der Waals surface area contributed by atoms with E-state index in [1.807, 2.05) is 0 Å². The van der Waals surface area contributed by atoms with Gasteiger partial charge in [0.2, 0.25) is 5.78 Å². The minimum atomic E-state index is -0.585. The van der Waals surface area contributed by atoms with Gasteiger partial charge in [0, 0.05) is 6.20 Å². The van der Waals surface area contributed by atoms with Gasteiger partial charge in [0.25, 0.3) is 0 Å². The molecule has 0 atom stereocenters. The zero-order chi connectivity index (χ0) is 13.0. The highest BCUT2D eigenvalue weighted by atomic mass is 32.1. The van der Waals surface area contributed by atoms with E-state index < -0.39 is 5.97 Å². The number of carbonyl (C=O) groups is 2. The molecule has 2 aromatic heterocycles. The predicted molar refractivity (Wildman–Crippen MR) is 65.7 cm³/mol. The molecule has 0 amide bonds. The number of nitrogens with zero attached hydrogens (tertiary/aromatic N) is 2. The van der Waals surface area contributed by atoms with Gasteiger partial charge in [0.05, 0.1) is 12.1 Å². The molecule has 6 heteroatoms. The molecule has 0 aliphatic carbocycles. The van der Waals surface area contributed by atoms with Crippen molar-refractivity contribution in [2.24, 2.45) is 0 Å². The van der Waals surface area contributed by atoms with Crippen LogP contribution in [0.25, 0.3) is 0 Å². The molecule has 0 aromatic carbocycles. The van der Waals surface area contributed by atoms with Crippen molar-refractivity contribution in [1.82, 2.24) is 9.97 Å². The minimum absolute atomic E-state index is 0.0532. The van der Waals surface area contributed by atoms with Crippen LogP contribution in [-0.4, -0.2) is 28.3 Å². The molecule has 0 saturated carbocycles. The minimum Gasteiger partial charge on any atom is -0.461 e. The molecule has 0 bridgehead atoms. The Morgan fingerprint density at radius 1 is 1.33 bits per heavy atom. The monoisotopic (exact) mass is 262 g/mol. The number of ketones is 1. The molecule has 0 radical (unpaired) electrons. The maximum atomic E-state index is 12.1. The molecule has 0 N–H and O–H groups in total. The highest BCUT2D eigenvalue weighted by Crippen LogP contribution is 2.18. The number of esters is 1. The van der Waals surface area contributed by atoms with Crippen molar-refractivity contribution in [3.05, 3.63) is 46.2 Å². The molecule has 0 saturated heterocycles. The number of aromatic nitrogens is 2. The molecule has 0 aliphatic rings. The molecule has 0 unspecified atom stereocenters. The molecule has 92 valence electrons. The van der Waals surface area contributed by atoms with Crippen molar-refractivity contribution in [1.29, 1.82) is 0 Å². The number of rotatable bonds is 4. The van der Waals surface area contributed by atoms with E-state index >= 15 is 0 Å². The van der Waals surface area contributed by atoms with Crippen molar-refractivity contribution < 1.29 is 14.3 Å². The number of hydrogen-bond acceptors (Lipinski definition) is 6. The van der Waals surface area contributed by atoms with E-state index in [2.05, 4.69) is 9.97 Å². The second-order valence-corrected chi connectivity index (χ2v) is 4.15. The smallest absolute Gasteiger partial charge is 0.358 e. The molecule has 0 fully saturated rings. The molecule has 2 heterocycles. The SMILES string of the molecule is CCOC(=O)c1ncsc1C(=O)c1ccccn1. The lowest BCUT2D eigenvalue weighted by molar-refractivity contribution is 0.0517. The second-order valence-electron chi connectivity index (χ2n) is 3.29. The van der Waals surface area contributed by atoms with Gasteiger partial charge in [0.1, 0.15) is 10.6 Å². The third kappa shape index (κ3) is 2.43. The van der Waals surface area contributed by atoms with E-state index in [4.69, 9.17) is 4.74 Å². The van der Waals surface area contributed by atoms with Gasteiger partial charge in [-0.1, -0.05) is 6.07 Å². The van der Waals surface area contributed by atoms with Crippen molar-refractivity contribution >= 4 is 23.1 Å². The van der Waals surface area contributed by atoms with Gasteiger partial charge in [-0.25, -0.2) is 9.78 Å². The first kappa shape index (κ1) is 12.4. The molecular weight excluding hydrogens is 252 g/mol. The highest BCUT2D eigenvalue weighted by Gasteiger charge is 2.23. The van der Waals surface area contributed by atoms with Crippen LogP contribution in [0.2, 0.25) is 0 Å². The summed E-state index contributed by atoms with van der Waals surface area (Å²) in [6.07, 6.45) is 1.53. The van der Waals surface area contributed by atoms with Gasteiger partial charge in [-0.05, 0) is 19.1 Å². The standard InChI is InChI=1S/C12H10N2O3S/c1-2-17-12(16)9-11(18-7-14-9)10(15)8-5-3-4-6-13-8/h3-7H,2H2,1H3. The first-order valence-electron chi connectivity index (χ1n) is 5.30. The molecular formula is C12H10N2O3S. The van der Waals surface area contributed by atoms with E-state index in [0.29, 0.717) is 0 Å². The normalized spacial score (nSPS) is 10.1. The summed E-state index contributed by atoms with van der Waals surface area (Å²) in [6, 6.07) is 5.03. The lowest BCUT2D eigenvalue weighted by atomic mass is 10.2. The maximum absolute atomic E-state index is 12.1. The summed E-state index contributed by atoms with van der Waals surface area (Å²) >= 11 is 1.11. The van der Waals surface area contributed by atoms with Crippen molar-refractivity contribution in [2.45, 2.75) is 6.92 Å². The Morgan fingerprint density at radius 3 is 2.83 bits per heavy atom. The van der Waals surface area contributed by atoms with E-state index in [-0.39, 0.29) is 28.7 Å². The summed E-state index contributed by atoms with van der Waals surface area (Å²) in [5, 5.41) is 0. The van der Waals surface area contributed by atoms with Crippen molar-refractivity contribution in [3.63, 3.8) is 0 Å². The van der Waals surface area contributed by atoms with Crippen LogP contribution in [0.5, 0.6) is 0 Å². The molecule has 18 heavy (non-hydrogen) atoms. The maximum Gasteiger partial charge on any atom is 0.358 e. The van der Waals surface area contributed by atoms with E-state index in [1.165, 1.54) is 11.7 Å². The average Bonchev–Trinajstić information content (AvgIpc) is 2.88. The van der Waals surface area contributed by atoms with E-state index in [0.717, 1.165) is 11.3 Å². The van der Waals surface area contributed by atoms with Crippen LogP contribution in [0.3, 0.4) is 0 Å². The van der Waals surface area contributed by atoms with Crippen LogP contribution in [-0.2, 0) is 4.74 Å². The predicted octanol–water partition coefficient (Wildman–Crippen LogP) is 1.95. The Morgan fingerprint density at radius 2 is 2.17 bits per heavy atom. The van der Waals surface area contributed by atoms with Gasteiger partial charge in [-0.15, -0.1) is 11.3 Å². The second kappa shape index (κ2) is 5.50. The quantitative estimate of drug-likeness (QED) is 0.622. The largest absolute Gasteiger partial charge is 0.461 e. The van der Waals surface area contributed by atoms with Gasteiger partial charge in [-0.3, -0.25) is 9.78 Å². The summed E-state index contributed by atoms with van der Waals surface area (Å²) in [5.74, 6) is -0.904. The van der Waals surface area contributed by atoms with Crippen molar-refractivity contribution in [2.75, 3.05) is 6.61 Å². The lowest BCUT2D eigenvalue weighted by Crippen LogP contribution is -2.12. The van der Waals surface area contributed by atoms with Crippen molar-refractivity contribution in [3.8, 4) is 0 Å². The summed E-state index contributed by atoms with van der Waals surface area (Å²) in [4.78, 5) is 31.8. The number of thiazole rings is 1. The third-order valence-corrected chi connectivity index (χ3v) is 2.97. The zero-order valence-electron chi connectivity index (χ0n) is 9.62. The Bertz CT molecular complexity index is 566. The van der Waals surface area contributed by atoms with E-state index in [9.17, 15) is 9.59 Å². The average molecular weight is 262 g/mol. The summed E-state index contributed by atoms with van der Waals surface area (Å²) < 4.78 is 4.85. The van der Waals surface area contributed by atoms with Gasteiger partial charge < -0.3 is 4.74 Å². The van der Waals surface area contributed by atoms with E-state index in [1.54, 1.807) is 25.1 Å². The topological polar surface area (TPSA) is 69.2 Å². The fourth-order valence-electron chi connectivity index (χ4n) is 1.37. The number of pyridine rings is 1. The first-order valence-corrected chi connectivity index (χ1v) is 6.18. The Labute approximate surface area is 107 Å². The fourth-order valence-corrected chi connectivity index (χ4v) is 2.09. The zero-order valence-corrected chi connectivity index (χ0v) is 10.4. The van der Waals surface area contributed by atoms with Gasteiger partial charge in [0.15, 0.2) is 5.69 Å².